The summed E-state index contributed by atoms with van der Waals surface area (Å²) in [4.78, 5) is 16.5. The number of methoxy groups -OCH3 is 1. The van der Waals surface area contributed by atoms with Crippen LogP contribution >= 0.6 is 11.6 Å². The lowest BCUT2D eigenvalue weighted by Crippen LogP contribution is -2.25. The number of nitrogens with one attached hydrogen (secondary N) is 1. The normalized spacial score (nSPS) is 10.9. The number of alkyl halides is 2. The molecule has 1 aromatic heterocycles. The molecule has 146 valence electrons. The number of pyridine rings is 1. The number of amides is 1. The highest BCUT2D eigenvalue weighted by atomic mass is 35.5. The first kappa shape index (κ1) is 19.8. The Kier molecular flexibility index (Phi) is 6.26. The van der Waals surface area contributed by atoms with Crippen molar-refractivity contribution in [3.63, 3.8) is 0 Å². The Balaban J connectivity index is 1.63. The van der Waals surface area contributed by atoms with Gasteiger partial charge in [0.05, 0.1) is 12.6 Å². The topological polar surface area (TPSA) is 60.5 Å². The molecule has 3 aromatic rings. The number of aromatic nitrogens is 1. The highest BCUT2D eigenvalue weighted by Gasteiger charge is 2.12. The van der Waals surface area contributed by atoms with Crippen molar-refractivity contribution in [3.8, 4) is 11.5 Å². The van der Waals surface area contributed by atoms with Crippen LogP contribution in [-0.2, 0) is 6.42 Å². The van der Waals surface area contributed by atoms with Crippen molar-refractivity contribution in [2.24, 2.45) is 0 Å². The van der Waals surface area contributed by atoms with E-state index in [1.165, 1.54) is 13.2 Å². The molecule has 0 saturated carbocycles. The molecule has 0 saturated heterocycles. The quantitative estimate of drug-likeness (QED) is 0.588. The van der Waals surface area contributed by atoms with Crippen molar-refractivity contribution < 1.29 is 23.0 Å². The van der Waals surface area contributed by atoms with E-state index in [9.17, 15) is 13.6 Å². The number of carbonyl (C=O) groups excluding carboxylic acids is 1. The zero-order valence-electron chi connectivity index (χ0n) is 14.9. The number of rotatable bonds is 7. The summed E-state index contributed by atoms with van der Waals surface area (Å²) >= 11 is 5.86. The van der Waals surface area contributed by atoms with Gasteiger partial charge in [-0.25, -0.2) is 4.98 Å². The molecule has 5 nitrogen and oxygen atoms in total. The summed E-state index contributed by atoms with van der Waals surface area (Å²) in [5.41, 5.74) is 1.93. The second kappa shape index (κ2) is 8.84. The van der Waals surface area contributed by atoms with E-state index in [0.717, 1.165) is 10.9 Å². The van der Waals surface area contributed by atoms with E-state index < -0.39 is 6.61 Å². The number of hydrogen-bond donors (Lipinski definition) is 1. The Morgan fingerprint density at radius 3 is 2.71 bits per heavy atom. The lowest BCUT2D eigenvalue weighted by atomic mass is 10.1. The zero-order valence-corrected chi connectivity index (χ0v) is 15.7. The monoisotopic (exact) mass is 406 g/mol. The third-order valence-corrected chi connectivity index (χ3v) is 4.27. The summed E-state index contributed by atoms with van der Waals surface area (Å²) < 4.78 is 34.5. The number of fused-ring (bicyclic) bond motifs is 1. The summed E-state index contributed by atoms with van der Waals surface area (Å²) in [6.07, 6.45) is 0.445. The lowest BCUT2D eigenvalue weighted by Gasteiger charge is -2.12. The number of hydrogen-bond acceptors (Lipinski definition) is 4. The van der Waals surface area contributed by atoms with Gasteiger partial charge in [-0.1, -0.05) is 17.7 Å². The van der Waals surface area contributed by atoms with Gasteiger partial charge in [0.1, 0.15) is 5.15 Å². The molecular formula is C20H17ClF2N2O3. The summed E-state index contributed by atoms with van der Waals surface area (Å²) in [5.74, 6) is -0.0607. The molecule has 1 amide bonds. The van der Waals surface area contributed by atoms with Crippen LogP contribution in [0.5, 0.6) is 11.5 Å². The molecule has 0 unspecified atom stereocenters. The highest BCUT2D eigenvalue weighted by Crippen LogP contribution is 2.29. The summed E-state index contributed by atoms with van der Waals surface area (Å²) in [7, 11) is 1.38. The predicted octanol–water partition coefficient (Wildman–Crippen LogP) is 4.47. The number of halogens is 3. The van der Waals surface area contributed by atoms with E-state index >= 15 is 0 Å². The minimum Gasteiger partial charge on any atom is -0.493 e. The van der Waals surface area contributed by atoms with Gasteiger partial charge in [0, 0.05) is 17.5 Å². The van der Waals surface area contributed by atoms with Crippen LogP contribution in [0.3, 0.4) is 0 Å². The van der Waals surface area contributed by atoms with E-state index in [0.29, 0.717) is 29.2 Å². The van der Waals surface area contributed by atoms with E-state index in [1.54, 1.807) is 42.5 Å². The molecule has 0 aliphatic rings. The maximum absolute atomic E-state index is 12.5. The number of ether oxygens (including phenoxy) is 2. The standard InChI is InChI=1S/C20H17ClF2N2O3/c1-27-16-6-2-12(10-17(16)28-20(22)23)8-9-24-19(26)14-3-5-15-13(11-14)4-7-18(21)25-15/h2-7,10-11,20H,8-9H2,1H3,(H,24,26). The average molecular weight is 407 g/mol. The van der Waals surface area contributed by atoms with Crippen molar-refractivity contribution in [3.05, 3.63) is 64.8 Å². The molecule has 1 N–H and O–H groups in total. The highest BCUT2D eigenvalue weighted by molar-refractivity contribution is 6.29. The first-order chi connectivity index (χ1) is 13.5. The number of nitrogens with zero attached hydrogens (tertiary/aromatic N) is 1. The van der Waals surface area contributed by atoms with Gasteiger partial charge in [-0.05, 0) is 54.4 Å². The maximum atomic E-state index is 12.5. The molecule has 0 fully saturated rings. The maximum Gasteiger partial charge on any atom is 0.387 e. The molecule has 0 bridgehead atoms. The van der Waals surface area contributed by atoms with Crippen LogP contribution in [0.4, 0.5) is 8.78 Å². The Morgan fingerprint density at radius 2 is 1.96 bits per heavy atom. The lowest BCUT2D eigenvalue weighted by molar-refractivity contribution is -0.0512. The van der Waals surface area contributed by atoms with Crippen molar-refractivity contribution >= 4 is 28.4 Å². The van der Waals surface area contributed by atoms with Crippen LogP contribution < -0.4 is 14.8 Å². The second-order valence-electron chi connectivity index (χ2n) is 5.91. The molecule has 0 spiro atoms. The van der Waals surface area contributed by atoms with Gasteiger partial charge in [-0.15, -0.1) is 0 Å². The Hall–Kier alpha value is -2.93. The van der Waals surface area contributed by atoms with E-state index in [2.05, 4.69) is 15.0 Å². The van der Waals surface area contributed by atoms with Crippen LogP contribution in [0, 0.1) is 0 Å². The van der Waals surface area contributed by atoms with Crippen molar-refractivity contribution in [1.82, 2.24) is 10.3 Å². The molecule has 2 aromatic carbocycles. The van der Waals surface area contributed by atoms with Gasteiger partial charge in [-0.2, -0.15) is 8.78 Å². The molecule has 8 heteroatoms. The van der Waals surface area contributed by atoms with Gasteiger partial charge < -0.3 is 14.8 Å². The fourth-order valence-electron chi connectivity index (χ4n) is 2.73. The molecule has 0 radical (unpaired) electrons. The smallest absolute Gasteiger partial charge is 0.387 e. The first-order valence-electron chi connectivity index (χ1n) is 8.42. The molecule has 1 heterocycles. The zero-order chi connectivity index (χ0) is 20.1. The largest absolute Gasteiger partial charge is 0.493 e. The van der Waals surface area contributed by atoms with Crippen molar-refractivity contribution in [2.45, 2.75) is 13.0 Å². The number of carbonyl (C=O) groups is 1. The van der Waals surface area contributed by atoms with Gasteiger partial charge in [0.2, 0.25) is 0 Å². The van der Waals surface area contributed by atoms with Gasteiger partial charge in [0.15, 0.2) is 11.5 Å². The fourth-order valence-corrected chi connectivity index (χ4v) is 2.88. The van der Waals surface area contributed by atoms with E-state index in [1.807, 2.05) is 0 Å². The first-order valence-corrected chi connectivity index (χ1v) is 8.80. The van der Waals surface area contributed by atoms with E-state index in [-0.39, 0.29) is 17.4 Å². The van der Waals surface area contributed by atoms with Crippen molar-refractivity contribution in [1.29, 1.82) is 0 Å². The Labute approximate surface area is 165 Å². The second-order valence-corrected chi connectivity index (χ2v) is 6.30. The minimum absolute atomic E-state index is 0.0398. The summed E-state index contributed by atoms with van der Waals surface area (Å²) in [5, 5.41) is 4.00. The Morgan fingerprint density at radius 1 is 1.14 bits per heavy atom. The number of benzene rings is 2. The average Bonchev–Trinajstić information content (AvgIpc) is 2.67. The summed E-state index contributed by atoms with van der Waals surface area (Å²) in [6.45, 7) is -2.61. The fraction of sp³-hybridized carbons (Fsp3) is 0.200. The third kappa shape index (κ3) is 4.86. The molecule has 0 aliphatic carbocycles. The molecule has 28 heavy (non-hydrogen) atoms. The predicted molar refractivity (Wildman–Crippen MR) is 102 cm³/mol. The van der Waals surface area contributed by atoms with Crippen LogP contribution in [0.2, 0.25) is 5.15 Å². The molecule has 0 atom stereocenters. The Bertz CT molecular complexity index is 998. The van der Waals surface area contributed by atoms with Crippen LogP contribution in [-0.4, -0.2) is 31.2 Å². The SMILES string of the molecule is COc1ccc(CCNC(=O)c2ccc3nc(Cl)ccc3c2)cc1OC(F)F. The summed E-state index contributed by atoms with van der Waals surface area (Å²) in [6, 6.07) is 13.3. The van der Waals surface area contributed by atoms with Crippen LogP contribution in [0.25, 0.3) is 10.9 Å². The van der Waals surface area contributed by atoms with Crippen molar-refractivity contribution in [2.75, 3.05) is 13.7 Å². The third-order valence-electron chi connectivity index (χ3n) is 4.06. The molecular weight excluding hydrogens is 390 g/mol. The van der Waals surface area contributed by atoms with Crippen LogP contribution in [0.1, 0.15) is 15.9 Å². The minimum atomic E-state index is -2.94. The van der Waals surface area contributed by atoms with Gasteiger partial charge >= 0.3 is 6.61 Å². The molecule has 0 aliphatic heterocycles. The molecule has 3 rings (SSSR count). The van der Waals surface area contributed by atoms with Gasteiger partial charge in [0.25, 0.3) is 5.91 Å². The van der Waals surface area contributed by atoms with Gasteiger partial charge in [-0.3, -0.25) is 4.79 Å². The van der Waals surface area contributed by atoms with Crippen LogP contribution in [0.15, 0.2) is 48.5 Å². The van der Waals surface area contributed by atoms with E-state index in [4.69, 9.17) is 16.3 Å².